The van der Waals surface area contributed by atoms with Gasteiger partial charge in [-0.25, -0.2) is 19.2 Å². The molecule has 0 aliphatic heterocycles. The van der Waals surface area contributed by atoms with E-state index in [1.54, 1.807) is 95.4 Å². The Hall–Kier alpha value is -5.04. The van der Waals surface area contributed by atoms with E-state index in [-0.39, 0.29) is 28.7 Å². The van der Waals surface area contributed by atoms with Crippen LogP contribution in [0.4, 0.5) is 0 Å². The first-order chi connectivity index (χ1) is 21.9. The standard InChI is InChI=1S/C34H27IO10/c35-30(45-34(40)26-19-11-4-12-20-26)29(44-33(39)25-17-9-3-10-18-25)28(42-22-36)27(43-32(38)24-15-7-2-8-16-24)21-41-31(37)23-13-5-1-6-14-23/h1-20,22,27-30H,21H2/t27-,28+,29+,30?/m1/s1. The van der Waals surface area contributed by atoms with E-state index in [1.165, 1.54) is 48.5 Å². The van der Waals surface area contributed by atoms with E-state index in [0.717, 1.165) is 0 Å². The van der Waals surface area contributed by atoms with Gasteiger partial charge < -0.3 is 23.7 Å². The predicted octanol–water partition coefficient (Wildman–Crippen LogP) is 5.45. The molecule has 0 bridgehead atoms. The fourth-order valence-corrected chi connectivity index (χ4v) is 4.87. The number of esters is 4. The number of benzene rings is 4. The second kappa shape index (κ2) is 16.7. The van der Waals surface area contributed by atoms with E-state index in [9.17, 15) is 24.0 Å². The molecule has 10 nitrogen and oxygen atoms in total. The van der Waals surface area contributed by atoms with Gasteiger partial charge in [-0.3, -0.25) is 4.79 Å². The maximum atomic E-state index is 13.2. The second-order valence-corrected chi connectivity index (χ2v) is 10.6. The smallest absolute Gasteiger partial charge is 0.339 e. The monoisotopic (exact) mass is 722 g/mol. The van der Waals surface area contributed by atoms with Gasteiger partial charge in [0.1, 0.15) is 6.61 Å². The van der Waals surface area contributed by atoms with Crippen molar-refractivity contribution in [2.24, 2.45) is 0 Å². The van der Waals surface area contributed by atoms with E-state index in [4.69, 9.17) is 23.7 Å². The molecule has 0 radical (unpaired) electrons. The Kier molecular flexibility index (Phi) is 12.2. The minimum absolute atomic E-state index is 0.0682. The number of halogens is 1. The predicted molar refractivity (Wildman–Crippen MR) is 169 cm³/mol. The fourth-order valence-electron chi connectivity index (χ4n) is 4.08. The number of hydrogen-bond acceptors (Lipinski definition) is 10. The number of carbonyl (C=O) groups excluding carboxylic acids is 5. The summed E-state index contributed by atoms with van der Waals surface area (Å²) in [5, 5.41) is 0. The number of alkyl halides is 1. The highest BCUT2D eigenvalue weighted by molar-refractivity contribution is 14.1. The summed E-state index contributed by atoms with van der Waals surface area (Å²) in [4.78, 5) is 64.0. The fraction of sp³-hybridized carbons (Fsp3) is 0.147. The molecule has 0 saturated heterocycles. The first kappa shape index (κ1) is 32.9. The summed E-state index contributed by atoms with van der Waals surface area (Å²) in [7, 11) is 0. The third-order valence-corrected chi connectivity index (χ3v) is 7.26. The van der Waals surface area contributed by atoms with Crippen molar-refractivity contribution in [3.8, 4) is 0 Å². The van der Waals surface area contributed by atoms with Crippen LogP contribution in [0.25, 0.3) is 0 Å². The van der Waals surface area contributed by atoms with Crippen LogP contribution in [-0.4, -0.2) is 59.4 Å². The molecule has 1 unspecified atom stereocenters. The Morgan fingerprint density at radius 2 is 0.911 bits per heavy atom. The molecule has 0 aliphatic carbocycles. The van der Waals surface area contributed by atoms with Crippen LogP contribution in [0.3, 0.4) is 0 Å². The summed E-state index contributed by atoms with van der Waals surface area (Å²) in [6.07, 6.45) is -4.66. The third kappa shape index (κ3) is 9.47. The molecule has 0 N–H and O–H groups in total. The summed E-state index contributed by atoms with van der Waals surface area (Å²) in [6.45, 7) is -0.543. The molecule has 0 aromatic heterocycles. The normalized spacial score (nSPS) is 13.2. The summed E-state index contributed by atoms with van der Waals surface area (Å²) >= 11 is 1.72. The van der Waals surface area contributed by atoms with E-state index in [1.807, 2.05) is 0 Å². The van der Waals surface area contributed by atoms with Crippen molar-refractivity contribution in [1.29, 1.82) is 0 Å². The highest BCUT2D eigenvalue weighted by Crippen LogP contribution is 2.25. The molecular weight excluding hydrogens is 695 g/mol. The van der Waals surface area contributed by atoms with Crippen LogP contribution in [0.2, 0.25) is 0 Å². The quantitative estimate of drug-likeness (QED) is 0.0544. The van der Waals surface area contributed by atoms with Gasteiger partial charge in [0.15, 0.2) is 22.4 Å². The van der Waals surface area contributed by atoms with Crippen molar-refractivity contribution in [2.45, 2.75) is 22.4 Å². The summed E-state index contributed by atoms with van der Waals surface area (Å²) in [5.74, 6) is -3.18. The van der Waals surface area contributed by atoms with E-state index >= 15 is 0 Å². The van der Waals surface area contributed by atoms with Crippen molar-refractivity contribution < 1.29 is 47.7 Å². The Bertz CT molecular complexity index is 1570. The lowest BCUT2D eigenvalue weighted by molar-refractivity contribution is -0.157. The van der Waals surface area contributed by atoms with Gasteiger partial charge in [-0.05, 0) is 71.1 Å². The van der Waals surface area contributed by atoms with Crippen LogP contribution in [0.1, 0.15) is 41.4 Å². The molecule has 45 heavy (non-hydrogen) atoms. The van der Waals surface area contributed by atoms with Crippen LogP contribution < -0.4 is 0 Å². The maximum absolute atomic E-state index is 13.2. The van der Waals surface area contributed by atoms with Gasteiger partial charge >= 0.3 is 23.9 Å². The molecule has 4 aromatic carbocycles. The van der Waals surface area contributed by atoms with Gasteiger partial charge in [-0.1, -0.05) is 72.8 Å². The topological polar surface area (TPSA) is 132 Å². The largest absolute Gasteiger partial charge is 0.458 e. The van der Waals surface area contributed by atoms with Gasteiger partial charge in [-0.15, -0.1) is 0 Å². The Labute approximate surface area is 272 Å². The number of ether oxygens (including phenoxy) is 5. The number of carbonyl (C=O) groups is 5. The number of hydrogen-bond donors (Lipinski definition) is 0. The Morgan fingerprint density at radius 1 is 0.533 bits per heavy atom. The zero-order valence-electron chi connectivity index (χ0n) is 23.6. The Morgan fingerprint density at radius 3 is 1.33 bits per heavy atom. The average molecular weight is 722 g/mol. The highest BCUT2D eigenvalue weighted by Gasteiger charge is 2.43. The minimum Gasteiger partial charge on any atom is -0.458 e. The van der Waals surface area contributed by atoms with Crippen molar-refractivity contribution in [2.75, 3.05) is 6.61 Å². The Balaban J connectivity index is 1.68. The van der Waals surface area contributed by atoms with Crippen molar-refractivity contribution in [3.63, 3.8) is 0 Å². The lowest BCUT2D eigenvalue weighted by Gasteiger charge is -2.33. The zero-order valence-corrected chi connectivity index (χ0v) is 25.8. The van der Waals surface area contributed by atoms with Gasteiger partial charge in [0.25, 0.3) is 6.47 Å². The third-order valence-electron chi connectivity index (χ3n) is 6.30. The molecule has 4 rings (SSSR count). The molecule has 0 spiro atoms. The second-order valence-electron chi connectivity index (χ2n) is 9.33. The van der Waals surface area contributed by atoms with Crippen LogP contribution >= 0.6 is 22.6 Å². The first-order valence-electron chi connectivity index (χ1n) is 13.6. The van der Waals surface area contributed by atoms with Gasteiger partial charge in [0, 0.05) is 0 Å². The van der Waals surface area contributed by atoms with Gasteiger partial charge in [0.05, 0.1) is 22.3 Å². The molecule has 11 heteroatoms. The molecule has 0 aliphatic rings. The highest BCUT2D eigenvalue weighted by atomic mass is 127. The van der Waals surface area contributed by atoms with Crippen LogP contribution in [-0.2, 0) is 28.5 Å². The van der Waals surface area contributed by atoms with Gasteiger partial charge in [0.2, 0.25) is 0 Å². The summed E-state index contributed by atoms with van der Waals surface area (Å²) in [5.41, 5.74) is 0.734. The van der Waals surface area contributed by atoms with Crippen molar-refractivity contribution >= 4 is 52.9 Å². The molecule has 4 atom stereocenters. The van der Waals surface area contributed by atoms with Crippen LogP contribution in [0, 0.1) is 0 Å². The lowest BCUT2D eigenvalue weighted by atomic mass is 10.1. The average Bonchev–Trinajstić information content (AvgIpc) is 3.09. The lowest BCUT2D eigenvalue weighted by Crippen LogP contribution is -2.51. The van der Waals surface area contributed by atoms with Gasteiger partial charge in [-0.2, -0.15) is 0 Å². The summed E-state index contributed by atoms with van der Waals surface area (Å²) < 4.78 is 26.6. The molecule has 0 amide bonds. The first-order valence-corrected chi connectivity index (χ1v) is 14.9. The molecule has 0 heterocycles. The van der Waals surface area contributed by atoms with E-state index in [0.29, 0.717) is 0 Å². The molecular formula is C34H27IO10. The molecule has 4 aromatic rings. The van der Waals surface area contributed by atoms with Crippen LogP contribution in [0.15, 0.2) is 121 Å². The zero-order chi connectivity index (χ0) is 32.0. The molecule has 230 valence electrons. The molecule has 0 saturated carbocycles. The van der Waals surface area contributed by atoms with Crippen molar-refractivity contribution in [3.05, 3.63) is 144 Å². The maximum Gasteiger partial charge on any atom is 0.339 e. The van der Waals surface area contributed by atoms with E-state index in [2.05, 4.69) is 0 Å². The van der Waals surface area contributed by atoms with E-state index < -0.39 is 52.9 Å². The SMILES string of the molecule is O=CO[C@H]([C@H](OC(=O)c1ccccc1)C(I)OC(=O)c1ccccc1)[C@@H](COC(=O)c1ccccc1)OC(=O)c1ccccc1. The molecule has 0 fully saturated rings. The van der Waals surface area contributed by atoms with Crippen LogP contribution in [0.5, 0.6) is 0 Å². The number of rotatable bonds is 14. The summed E-state index contributed by atoms with van der Waals surface area (Å²) in [6, 6.07) is 32.0. The minimum atomic E-state index is -1.60. The van der Waals surface area contributed by atoms with Crippen molar-refractivity contribution in [1.82, 2.24) is 0 Å².